The lowest BCUT2D eigenvalue weighted by Crippen LogP contribution is -2.33. The highest BCUT2D eigenvalue weighted by Gasteiger charge is 2.33. The molecule has 1 saturated heterocycles. The monoisotopic (exact) mass is 303 g/mol. The number of nitrogens with one attached hydrogen (secondary N) is 1. The molecule has 0 saturated carbocycles. The van der Waals surface area contributed by atoms with Crippen LogP contribution in [-0.2, 0) is 10.0 Å². The molecule has 0 radical (unpaired) electrons. The SMILES string of the molecule is CNC1CCN(S(=O)(=O)c2ccc(F)c([N+](=O)[O-])c2)C1. The Morgan fingerprint density at radius 2 is 2.20 bits per heavy atom. The minimum atomic E-state index is -3.83. The second kappa shape index (κ2) is 5.43. The minimum Gasteiger partial charge on any atom is -0.316 e. The van der Waals surface area contributed by atoms with Gasteiger partial charge in [-0.3, -0.25) is 10.1 Å². The van der Waals surface area contributed by atoms with Gasteiger partial charge in [-0.05, 0) is 25.6 Å². The van der Waals surface area contributed by atoms with Crippen molar-refractivity contribution in [1.82, 2.24) is 9.62 Å². The minimum absolute atomic E-state index is 0.0557. The maximum atomic E-state index is 13.2. The van der Waals surface area contributed by atoms with Crippen molar-refractivity contribution in [1.29, 1.82) is 0 Å². The highest BCUT2D eigenvalue weighted by atomic mass is 32.2. The summed E-state index contributed by atoms with van der Waals surface area (Å²) in [4.78, 5) is 9.47. The quantitative estimate of drug-likeness (QED) is 0.653. The highest BCUT2D eigenvalue weighted by Crippen LogP contribution is 2.26. The summed E-state index contributed by atoms with van der Waals surface area (Å²) < 4.78 is 39.2. The van der Waals surface area contributed by atoms with Crippen LogP contribution in [0.1, 0.15) is 6.42 Å². The van der Waals surface area contributed by atoms with Crippen LogP contribution in [0.5, 0.6) is 0 Å². The molecule has 9 heteroatoms. The molecule has 0 aliphatic carbocycles. The van der Waals surface area contributed by atoms with Crippen molar-refractivity contribution in [3.05, 3.63) is 34.1 Å². The number of likely N-dealkylation sites (N-methyl/N-ethyl adjacent to an activating group) is 1. The Hall–Kier alpha value is -1.58. The van der Waals surface area contributed by atoms with Crippen molar-refractivity contribution >= 4 is 15.7 Å². The molecule has 1 heterocycles. The van der Waals surface area contributed by atoms with Crippen LogP contribution in [0.15, 0.2) is 23.1 Å². The van der Waals surface area contributed by atoms with Crippen molar-refractivity contribution in [2.24, 2.45) is 0 Å². The normalized spacial score (nSPS) is 20.2. The van der Waals surface area contributed by atoms with E-state index in [-0.39, 0.29) is 10.9 Å². The third kappa shape index (κ3) is 2.65. The molecule has 1 fully saturated rings. The van der Waals surface area contributed by atoms with E-state index in [2.05, 4.69) is 5.32 Å². The predicted octanol–water partition coefficient (Wildman–Crippen LogP) is 0.716. The number of hydrogen-bond donors (Lipinski definition) is 1. The van der Waals surface area contributed by atoms with E-state index in [1.54, 1.807) is 7.05 Å². The first-order valence-electron chi connectivity index (χ1n) is 5.97. The third-order valence-corrected chi connectivity index (χ3v) is 5.17. The van der Waals surface area contributed by atoms with Gasteiger partial charge in [0.15, 0.2) is 0 Å². The first kappa shape index (κ1) is 14.8. The number of benzene rings is 1. The van der Waals surface area contributed by atoms with Gasteiger partial charge in [-0.1, -0.05) is 0 Å². The van der Waals surface area contributed by atoms with Crippen LogP contribution in [0.25, 0.3) is 0 Å². The Balaban J connectivity index is 2.35. The second-order valence-corrected chi connectivity index (χ2v) is 6.45. The van der Waals surface area contributed by atoms with E-state index in [0.717, 1.165) is 18.2 Å². The molecule has 1 aromatic rings. The van der Waals surface area contributed by atoms with Gasteiger partial charge in [-0.2, -0.15) is 8.70 Å². The van der Waals surface area contributed by atoms with Crippen LogP contribution in [0.4, 0.5) is 10.1 Å². The standard InChI is InChI=1S/C11H14FN3O4S/c1-13-8-4-5-14(7-8)20(18,19)9-2-3-10(12)11(6-9)15(16)17/h2-3,6,8,13H,4-5,7H2,1H3. The zero-order chi connectivity index (χ0) is 14.9. The molecular weight excluding hydrogens is 289 g/mol. The van der Waals surface area contributed by atoms with E-state index in [1.165, 1.54) is 4.31 Å². The summed E-state index contributed by atoms with van der Waals surface area (Å²) in [6, 6.07) is 2.67. The summed E-state index contributed by atoms with van der Waals surface area (Å²) in [5.41, 5.74) is -0.838. The molecule has 2 rings (SSSR count). The van der Waals surface area contributed by atoms with Crippen LogP contribution < -0.4 is 5.32 Å². The average molecular weight is 303 g/mol. The lowest BCUT2D eigenvalue weighted by molar-refractivity contribution is -0.387. The summed E-state index contributed by atoms with van der Waals surface area (Å²) in [6.07, 6.45) is 0.666. The van der Waals surface area contributed by atoms with Gasteiger partial charge in [-0.15, -0.1) is 0 Å². The van der Waals surface area contributed by atoms with Crippen LogP contribution in [0.3, 0.4) is 0 Å². The second-order valence-electron chi connectivity index (χ2n) is 4.51. The molecule has 0 bridgehead atoms. The number of halogens is 1. The Kier molecular flexibility index (Phi) is 4.02. The first-order valence-corrected chi connectivity index (χ1v) is 7.41. The van der Waals surface area contributed by atoms with Gasteiger partial charge < -0.3 is 5.32 Å². The summed E-state index contributed by atoms with van der Waals surface area (Å²) in [5, 5.41) is 13.6. The van der Waals surface area contributed by atoms with Crippen molar-refractivity contribution < 1.29 is 17.7 Å². The maximum Gasteiger partial charge on any atom is 0.306 e. The van der Waals surface area contributed by atoms with Gasteiger partial charge in [0.1, 0.15) is 0 Å². The van der Waals surface area contributed by atoms with E-state index >= 15 is 0 Å². The van der Waals surface area contributed by atoms with Crippen molar-refractivity contribution in [3.63, 3.8) is 0 Å². The molecule has 1 unspecified atom stereocenters. The Morgan fingerprint density at radius 1 is 1.50 bits per heavy atom. The lowest BCUT2D eigenvalue weighted by Gasteiger charge is -2.16. The molecule has 1 aliphatic heterocycles. The number of nitrogens with zero attached hydrogens (tertiary/aromatic N) is 2. The molecule has 1 aromatic carbocycles. The molecule has 1 N–H and O–H groups in total. The van der Waals surface area contributed by atoms with Crippen molar-refractivity contribution in [2.75, 3.05) is 20.1 Å². The number of rotatable bonds is 4. The highest BCUT2D eigenvalue weighted by molar-refractivity contribution is 7.89. The fourth-order valence-corrected chi connectivity index (χ4v) is 3.64. The lowest BCUT2D eigenvalue weighted by atomic mass is 10.3. The summed E-state index contributed by atoms with van der Waals surface area (Å²) in [5.74, 6) is -1.05. The molecule has 0 spiro atoms. The first-order chi connectivity index (χ1) is 9.36. The molecule has 0 amide bonds. The van der Waals surface area contributed by atoms with Crippen LogP contribution in [0.2, 0.25) is 0 Å². The van der Waals surface area contributed by atoms with Crippen LogP contribution in [0, 0.1) is 15.9 Å². The van der Waals surface area contributed by atoms with Gasteiger partial charge in [0, 0.05) is 25.2 Å². The third-order valence-electron chi connectivity index (χ3n) is 3.31. The molecular formula is C11H14FN3O4S. The molecule has 7 nitrogen and oxygen atoms in total. The predicted molar refractivity (Wildman–Crippen MR) is 69.3 cm³/mol. The van der Waals surface area contributed by atoms with Gasteiger partial charge in [0.2, 0.25) is 15.8 Å². The maximum absolute atomic E-state index is 13.2. The number of hydrogen-bond acceptors (Lipinski definition) is 5. The molecule has 20 heavy (non-hydrogen) atoms. The smallest absolute Gasteiger partial charge is 0.306 e. The zero-order valence-electron chi connectivity index (χ0n) is 10.7. The van der Waals surface area contributed by atoms with Gasteiger partial charge in [0.05, 0.1) is 9.82 Å². The fraction of sp³-hybridized carbons (Fsp3) is 0.455. The number of nitro benzene ring substituents is 1. The molecule has 1 aliphatic rings. The summed E-state index contributed by atoms with van der Waals surface area (Å²) >= 11 is 0. The van der Waals surface area contributed by atoms with E-state index in [0.29, 0.717) is 19.5 Å². The van der Waals surface area contributed by atoms with Gasteiger partial charge >= 0.3 is 5.69 Å². The molecule has 110 valence electrons. The molecule has 0 aromatic heterocycles. The van der Waals surface area contributed by atoms with Crippen LogP contribution >= 0.6 is 0 Å². The van der Waals surface area contributed by atoms with Gasteiger partial charge in [-0.25, -0.2) is 8.42 Å². The number of sulfonamides is 1. The topological polar surface area (TPSA) is 92.6 Å². The Labute approximate surface area is 115 Å². The molecule has 1 atom stereocenters. The van der Waals surface area contributed by atoms with E-state index < -0.39 is 26.5 Å². The Morgan fingerprint density at radius 3 is 2.75 bits per heavy atom. The summed E-state index contributed by atoms with van der Waals surface area (Å²) in [7, 11) is -2.09. The van der Waals surface area contributed by atoms with Crippen molar-refractivity contribution in [3.8, 4) is 0 Å². The largest absolute Gasteiger partial charge is 0.316 e. The van der Waals surface area contributed by atoms with Crippen LogP contribution in [-0.4, -0.2) is 43.8 Å². The van der Waals surface area contributed by atoms with Gasteiger partial charge in [0.25, 0.3) is 0 Å². The van der Waals surface area contributed by atoms with Crippen molar-refractivity contribution in [2.45, 2.75) is 17.4 Å². The Bertz CT molecular complexity index is 635. The fourth-order valence-electron chi connectivity index (χ4n) is 2.12. The summed E-state index contributed by atoms with van der Waals surface area (Å²) in [6.45, 7) is 0.628. The average Bonchev–Trinajstić information content (AvgIpc) is 2.88. The number of nitro groups is 1. The zero-order valence-corrected chi connectivity index (χ0v) is 11.6. The van der Waals surface area contributed by atoms with E-state index in [1.807, 2.05) is 0 Å². The van der Waals surface area contributed by atoms with E-state index in [9.17, 15) is 22.9 Å². The van der Waals surface area contributed by atoms with E-state index in [4.69, 9.17) is 0 Å².